The highest BCUT2D eigenvalue weighted by molar-refractivity contribution is 7.67. The van der Waals surface area contributed by atoms with Crippen molar-refractivity contribution < 1.29 is 8.95 Å². The molecule has 4 heteroatoms. The Bertz CT molecular complexity index is 447. The van der Waals surface area contributed by atoms with Gasteiger partial charge in [-0.15, -0.1) is 0 Å². The first-order valence-electron chi connectivity index (χ1n) is 4.48. The Hall–Kier alpha value is -1.68. The van der Waals surface area contributed by atoms with Gasteiger partial charge >= 0.3 is 0 Å². The van der Waals surface area contributed by atoms with Crippen molar-refractivity contribution >= 4 is 22.3 Å². The Balaban J connectivity index is 2.16. The molecule has 0 amide bonds. The predicted molar refractivity (Wildman–Crippen MR) is 61.6 cm³/mol. The van der Waals surface area contributed by atoms with Crippen LogP contribution in [0.25, 0.3) is 0 Å². The molecule has 1 unspecified atom stereocenters. The van der Waals surface area contributed by atoms with E-state index in [9.17, 15) is 4.21 Å². The smallest absolute Gasteiger partial charge is 0.227 e. The van der Waals surface area contributed by atoms with E-state index in [4.69, 9.17) is 4.74 Å². The van der Waals surface area contributed by atoms with Gasteiger partial charge in [-0.2, -0.15) is 0 Å². The van der Waals surface area contributed by atoms with Crippen LogP contribution < -0.4 is 4.74 Å². The van der Waals surface area contributed by atoms with E-state index in [2.05, 4.69) is 4.99 Å². The molecule has 0 saturated heterocycles. The van der Waals surface area contributed by atoms with Crippen LogP contribution in [0, 0.1) is 0 Å². The number of hydrogen-bond donors (Lipinski definition) is 0. The average Bonchev–Trinajstić information content (AvgIpc) is 2.31. The molecule has 0 radical (unpaired) electrons. The molecule has 1 heterocycles. The Kier molecular flexibility index (Phi) is 3.09. The van der Waals surface area contributed by atoms with Crippen LogP contribution in [0.15, 0.2) is 47.5 Å². The highest BCUT2D eigenvalue weighted by atomic mass is 32.1. The minimum Gasteiger partial charge on any atom is -0.464 e. The fourth-order valence-electron chi connectivity index (χ4n) is 1.21. The minimum absolute atomic E-state index is 0.414. The van der Waals surface area contributed by atoms with E-state index in [0.29, 0.717) is 21.9 Å². The van der Waals surface area contributed by atoms with Crippen LogP contribution in [0.2, 0.25) is 0 Å². The van der Waals surface area contributed by atoms with Gasteiger partial charge in [0, 0.05) is 6.21 Å². The Morgan fingerprint density at radius 1 is 1.27 bits per heavy atom. The lowest BCUT2D eigenvalue weighted by molar-refractivity contribution is 0.281. The van der Waals surface area contributed by atoms with Crippen molar-refractivity contribution in [3.05, 3.63) is 42.5 Å². The molecular weight excluding hydrogens is 210 g/mol. The molecular formula is C11H9NO2S. The predicted octanol–water partition coefficient (Wildman–Crippen LogP) is 1.42. The van der Waals surface area contributed by atoms with Crippen molar-refractivity contribution in [1.82, 2.24) is 0 Å². The largest absolute Gasteiger partial charge is 0.464 e. The number of rotatable bonds is 2. The summed E-state index contributed by atoms with van der Waals surface area (Å²) in [6, 6.07) is 9.33. The molecule has 1 aromatic rings. The number of benzene rings is 1. The van der Waals surface area contributed by atoms with E-state index in [1.54, 1.807) is 18.4 Å². The lowest BCUT2D eigenvalue weighted by atomic mass is 10.3. The van der Waals surface area contributed by atoms with Gasteiger partial charge in [0.2, 0.25) is 6.23 Å². The minimum atomic E-state index is -0.500. The van der Waals surface area contributed by atoms with Crippen molar-refractivity contribution in [2.75, 3.05) is 0 Å². The number of para-hydroxylation sites is 1. The molecule has 0 aliphatic carbocycles. The summed E-state index contributed by atoms with van der Waals surface area (Å²) in [4.78, 5) is 4.66. The molecule has 3 nitrogen and oxygen atoms in total. The first kappa shape index (κ1) is 9.86. The van der Waals surface area contributed by atoms with E-state index in [1.165, 1.54) is 0 Å². The van der Waals surface area contributed by atoms with Crippen LogP contribution in [0.5, 0.6) is 5.75 Å². The van der Waals surface area contributed by atoms with Crippen molar-refractivity contribution in [3.63, 3.8) is 0 Å². The first-order chi connectivity index (χ1) is 7.40. The van der Waals surface area contributed by atoms with E-state index in [-0.39, 0.29) is 0 Å². The summed E-state index contributed by atoms with van der Waals surface area (Å²) >= 11 is 0.414. The van der Waals surface area contributed by atoms with Crippen molar-refractivity contribution in [3.8, 4) is 5.75 Å². The molecule has 1 aromatic carbocycles. The maximum atomic E-state index is 10.8. The average molecular weight is 219 g/mol. The number of nitrogens with zero attached hydrogens (tertiary/aromatic N) is 1. The second-order valence-electron chi connectivity index (χ2n) is 2.93. The first-order valence-corrected chi connectivity index (χ1v) is 5.22. The van der Waals surface area contributed by atoms with Gasteiger partial charge in [-0.1, -0.05) is 18.2 Å². The van der Waals surface area contributed by atoms with Gasteiger partial charge in [-0.05, 0) is 24.3 Å². The number of aliphatic imine (C=N–C) groups is 1. The lowest BCUT2D eigenvalue weighted by Gasteiger charge is -2.15. The monoisotopic (exact) mass is 219 g/mol. The van der Waals surface area contributed by atoms with Crippen molar-refractivity contribution in [1.29, 1.82) is 0 Å². The summed E-state index contributed by atoms with van der Waals surface area (Å²) in [5.74, 6) is 0.710. The summed E-state index contributed by atoms with van der Waals surface area (Å²) in [6.45, 7) is 0. The summed E-state index contributed by atoms with van der Waals surface area (Å²) in [5, 5.41) is 0. The number of dihydropyridines is 1. The molecule has 1 atom stereocenters. The van der Waals surface area contributed by atoms with Crippen LogP contribution >= 0.6 is 0 Å². The Labute approximate surface area is 91.2 Å². The second-order valence-corrected chi connectivity index (χ2v) is 3.56. The van der Waals surface area contributed by atoms with Crippen LogP contribution in [0.4, 0.5) is 0 Å². The Morgan fingerprint density at radius 3 is 2.80 bits per heavy atom. The van der Waals surface area contributed by atoms with Gasteiger partial charge in [0.25, 0.3) is 0 Å². The fraction of sp³-hybridized carbons (Fsp3) is 0.0909. The zero-order chi connectivity index (χ0) is 10.5. The molecule has 1 aliphatic rings. The van der Waals surface area contributed by atoms with Gasteiger partial charge in [0.1, 0.15) is 10.6 Å². The van der Waals surface area contributed by atoms with Crippen molar-refractivity contribution in [2.45, 2.75) is 6.23 Å². The normalized spacial score (nSPS) is 18.9. The third kappa shape index (κ3) is 2.41. The van der Waals surface area contributed by atoms with Crippen LogP contribution in [-0.4, -0.2) is 21.5 Å². The molecule has 0 fully saturated rings. The maximum absolute atomic E-state index is 10.8. The number of hydrogen-bond acceptors (Lipinski definition) is 3. The van der Waals surface area contributed by atoms with Gasteiger partial charge in [-0.3, -0.25) is 0 Å². The standard InChI is InChI=1S/C11H9NO2S/c13-15-10-7-4-8-12-11(10)14-9-5-2-1-3-6-9/h1-8,11H. The molecule has 0 saturated carbocycles. The molecule has 15 heavy (non-hydrogen) atoms. The SMILES string of the molecule is O=S=C1C=CC=NC1Oc1ccccc1. The van der Waals surface area contributed by atoms with Crippen molar-refractivity contribution in [2.24, 2.45) is 4.99 Å². The molecule has 0 aromatic heterocycles. The lowest BCUT2D eigenvalue weighted by Crippen LogP contribution is -2.25. The zero-order valence-electron chi connectivity index (χ0n) is 7.87. The molecule has 0 N–H and O–H groups in total. The van der Waals surface area contributed by atoms with Crippen LogP contribution in [0.1, 0.15) is 0 Å². The summed E-state index contributed by atoms with van der Waals surface area (Å²) in [5.41, 5.74) is 0. The Morgan fingerprint density at radius 2 is 2.07 bits per heavy atom. The van der Waals surface area contributed by atoms with Gasteiger partial charge in [0.05, 0.1) is 11.3 Å². The molecule has 2 rings (SSSR count). The van der Waals surface area contributed by atoms with Crippen LogP contribution in [-0.2, 0) is 11.3 Å². The molecule has 0 spiro atoms. The third-order valence-electron chi connectivity index (χ3n) is 1.90. The third-order valence-corrected chi connectivity index (χ3v) is 2.43. The van der Waals surface area contributed by atoms with E-state index in [1.807, 2.05) is 30.3 Å². The topological polar surface area (TPSA) is 38.7 Å². The number of ether oxygens (including phenoxy) is 1. The molecule has 1 aliphatic heterocycles. The molecule has 0 bridgehead atoms. The van der Waals surface area contributed by atoms with Gasteiger partial charge in [0.15, 0.2) is 0 Å². The summed E-state index contributed by atoms with van der Waals surface area (Å²) < 4.78 is 16.3. The van der Waals surface area contributed by atoms with E-state index >= 15 is 0 Å². The second kappa shape index (κ2) is 4.70. The quantitative estimate of drug-likeness (QED) is 0.705. The van der Waals surface area contributed by atoms with Gasteiger partial charge < -0.3 is 4.74 Å². The van der Waals surface area contributed by atoms with Gasteiger partial charge in [-0.25, -0.2) is 9.20 Å². The molecule has 76 valence electrons. The summed E-state index contributed by atoms with van der Waals surface area (Å²) in [7, 11) is 0. The fourth-order valence-corrected chi connectivity index (χ4v) is 1.53. The van der Waals surface area contributed by atoms with E-state index in [0.717, 1.165) is 0 Å². The highest BCUT2D eigenvalue weighted by Gasteiger charge is 2.15. The van der Waals surface area contributed by atoms with E-state index < -0.39 is 6.23 Å². The zero-order valence-corrected chi connectivity index (χ0v) is 8.68. The number of allylic oxidation sites excluding steroid dienone is 1. The van der Waals surface area contributed by atoms with Crippen LogP contribution in [0.3, 0.4) is 0 Å². The summed E-state index contributed by atoms with van der Waals surface area (Å²) in [6.07, 6.45) is 4.58. The highest BCUT2D eigenvalue weighted by Crippen LogP contribution is 2.13. The maximum Gasteiger partial charge on any atom is 0.227 e.